The zero-order valence-corrected chi connectivity index (χ0v) is 14.0. The van der Waals surface area contributed by atoms with Crippen LogP contribution >= 0.6 is 37.2 Å². The van der Waals surface area contributed by atoms with Crippen molar-refractivity contribution in [1.29, 1.82) is 0 Å². The van der Waals surface area contributed by atoms with Crippen molar-refractivity contribution in [2.24, 2.45) is 0 Å². The summed E-state index contributed by atoms with van der Waals surface area (Å²) >= 11 is -11.3. The fourth-order valence-electron chi connectivity index (χ4n) is 1.91. The van der Waals surface area contributed by atoms with Gasteiger partial charge in [0.05, 0.1) is 0 Å². The molecule has 0 radical (unpaired) electrons. The Balaban J connectivity index is 0. The molecule has 0 N–H and O–H groups in total. The predicted molar refractivity (Wildman–Crippen MR) is 75.2 cm³/mol. The van der Waals surface area contributed by atoms with Crippen molar-refractivity contribution in [3.8, 4) is 0 Å². The number of benzene rings is 1. The third kappa shape index (κ3) is 3.39. The Kier molecular flexibility index (Phi) is 5.24. The topological polar surface area (TPSA) is 0 Å². The summed E-state index contributed by atoms with van der Waals surface area (Å²) in [7, 11) is 0. The van der Waals surface area contributed by atoms with Crippen LogP contribution in [0.3, 0.4) is 0 Å². The molecular formula is C11H13Cl3F5Ti. The van der Waals surface area contributed by atoms with E-state index in [4.69, 9.17) is 0 Å². The third-order valence-electron chi connectivity index (χ3n) is 3.00. The molecule has 0 unspecified atom stereocenters. The van der Waals surface area contributed by atoms with E-state index in [1.807, 2.05) is 0 Å². The van der Waals surface area contributed by atoms with Crippen molar-refractivity contribution in [2.75, 3.05) is 0 Å². The second-order valence-corrected chi connectivity index (χ2v) is 12.0. The minimum atomic E-state index is -11.3. The Morgan fingerprint density at radius 1 is 0.800 bits per heavy atom. The standard InChI is InChI=1S/C6H5.C5H5.3ClH.5FH.Ti/c1-2-4-6-5-3-1;1-2-4-5-3-1;;;;;;;;;/h1-5H;1-3H,4H2;8*1H;/q;;;;;;;;;;+5/p-5. The van der Waals surface area contributed by atoms with Crippen molar-refractivity contribution in [1.82, 2.24) is 0 Å². The summed E-state index contributed by atoms with van der Waals surface area (Å²) in [5.41, 5.74) is 0. The number of hydrogen-bond acceptors (Lipinski definition) is 0. The summed E-state index contributed by atoms with van der Waals surface area (Å²) in [6.07, 6.45) is 1.81. The molecule has 0 atom stereocenters. The SMILES string of the molecule is Cl.Cl.Cl.[F][Ti]([F])([F])([F])([F])([C]1=CC=CC1)[c]1ccccc1. The van der Waals surface area contributed by atoms with Crippen LogP contribution in [0.25, 0.3) is 0 Å². The van der Waals surface area contributed by atoms with E-state index in [9.17, 15) is 15.5 Å². The average molecular weight is 394 g/mol. The van der Waals surface area contributed by atoms with E-state index in [-0.39, 0.29) is 37.2 Å². The Morgan fingerprint density at radius 3 is 1.70 bits per heavy atom. The first-order chi connectivity index (χ1) is 7.46. The van der Waals surface area contributed by atoms with Crippen LogP contribution in [0.5, 0.6) is 0 Å². The summed E-state index contributed by atoms with van der Waals surface area (Å²) in [6, 6.07) is 4.10. The molecule has 1 aromatic rings. The normalized spacial score (nSPS) is 18.9. The third-order valence-corrected chi connectivity index (χ3v) is 8.65. The molecule has 0 aliphatic heterocycles. The van der Waals surface area contributed by atoms with Crippen LogP contribution in [-0.2, 0) is 15.4 Å². The molecule has 0 aromatic heterocycles. The van der Waals surface area contributed by atoms with E-state index in [1.54, 1.807) is 0 Å². The first-order valence-corrected chi connectivity index (χ1v) is 9.59. The van der Waals surface area contributed by atoms with Crippen molar-refractivity contribution < 1.29 is 30.9 Å². The van der Waals surface area contributed by atoms with E-state index >= 15 is 0 Å². The molecule has 0 spiro atoms. The molecule has 20 heavy (non-hydrogen) atoms. The van der Waals surface area contributed by atoms with Gasteiger partial charge in [0.2, 0.25) is 0 Å². The first kappa shape index (κ1) is 22.2. The van der Waals surface area contributed by atoms with Gasteiger partial charge in [-0.05, 0) is 0 Å². The Morgan fingerprint density at radius 2 is 1.30 bits per heavy atom. The molecule has 2 rings (SSSR count). The quantitative estimate of drug-likeness (QED) is 0.452. The summed E-state index contributed by atoms with van der Waals surface area (Å²) in [4.78, 5) is 0. The monoisotopic (exact) mass is 393 g/mol. The molecule has 0 saturated heterocycles. The minimum absolute atomic E-state index is 0. The number of hydrogen-bond donors (Lipinski definition) is 0. The number of allylic oxidation sites excluding steroid dienone is 4. The second kappa shape index (κ2) is 4.72. The van der Waals surface area contributed by atoms with Crippen LogP contribution in [-0.4, -0.2) is 0 Å². The van der Waals surface area contributed by atoms with Gasteiger partial charge in [-0.15, -0.1) is 37.2 Å². The molecule has 1 aliphatic carbocycles. The van der Waals surface area contributed by atoms with Crippen LogP contribution in [0.2, 0.25) is 0 Å². The van der Waals surface area contributed by atoms with Gasteiger partial charge in [0.15, 0.2) is 0 Å². The fourth-order valence-corrected chi connectivity index (χ4v) is 5.75. The summed E-state index contributed by atoms with van der Waals surface area (Å²) in [6.45, 7) is 0. The molecule has 0 saturated carbocycles. The molecule has 1 aliphatic rings. The average Bonchev–Trinajstić information content (AvgIpc) is 2.71. The summed E-state index contributed by atoms with van der Waals surface area (Å²) < 4.78 is 66.5. The van der Waals surface area contributed by atoms with E-state index < -0.39 is 29.6 Å². The summed E-state index contributed by atoms with van der Waals surface area (Å²) in [5.74, 6) is 0. The van der Waals surface area contributed by atoms with E-state index in [2.05, 4.69) is 0 Å². The predicted octanol–water partition coefficient (Wildman–Crippen LogP) is 5.60. The van der Waals surface area contributed by atoms with Crippen molar-refractivity contribution in [3.63, 3.8) is 0 Å². The molecule has 0 fully saturated rings. The number of rotatable bonds is 2. The van der Waals surface area contributed by atoms with Crippen LogP contribution in [0.4, 0.5) is 15.5 Å². The molecule has 0 amide bonds. The van der Waals surface area contributed by atoms with Gasteiger partial charge in [-0.3, -0.25) is 0 Å². The second-order valence-electron chi connectivity index (χ2n) is 4.47. The van der Waals surface area contributed by atoms with E-state index in [0.29, 0.717) is 18.2 Å². The fraction of sp³-hybridized carbons (Fsp3) is 0.0909. The van der Waals surface area contributed by atoms with E-state index in [1.165, 1.54) is 6.07 Å². The van der Waals surface area contributed by atoms with Crippen LogP contribution < -0.4 is 3.87 Å². The van der Waals surface area contributed by atoms with Crippen molar-refractivity contribution in [3.05, 3.63) is 52.4 Å². The number of halogens is 8. The van der Waals surface area contributed by atoms with E-state index in [0.717, 1.165) is 24.3 Å². The van der Waals surface area contributed by atoms with Gasteiger partial charge in [0, 0.05) is 0 Å². The van der Waals surface area contributed by atoms with Gasteiger partial charge in [0.1, 0.15) is 0 Å². The van der Waals surface area contributed by atoms with Crippen LogP contribution in [0.15, 0.2) is 52.4 Å². The molecular weight excluding hydrogens is 381 g/mol. The van der Waals surface area contributed by atoms with Gasteiger partial charge in [-0.1, -0.05) is 0 Å². The Bertz CT molecular complexity index is 555. The first-order valence-electron chi connectivity index (χ1n) is 5.07. The molecule has 0 heterocycles. The molecule has 1 aromatic carbocycles. The van der Waals surface area contributed by atoms with Gasteiger partial charge < -0.3 is 0 Å². The molecule has 0 nitrogen and oxygen atoms in total. The molecule has 117 valence electrons. The zero-order chi connectivity index (χ0) is 12.9. The van der Waals surface area contributed by atoms with Crippen molar-refractivity contribution >= 4 is 41.1 Å². The Labute approximate surface area is 130 Å². The van der Waals surface area contributed by atoms with Gasteiger partial charge >= 0.3 is 93.6 Å². The summed E-state index contributed by atoms with van der Waals surface area (Å²) in [5, 5.41) is 0. The van der Waals surface area contributed by atoms with Crippen LogP contribution in [0, 0.1) is 0 Å². The zero-order valence-electron chi connectivity index (χ0n) is 9.94. The van der Waals surface area contributed by atoms with Gasteiger partial charge in [-0.2, -0.15) is 0 Å². The molecule has 0 bridgehead atoms. The van der Waals surface area contributed by atoms with Crippen LogP contribution in [0.1, 0.15) is 6.42 Å². The van der Waals surface area contributed by atoms with Gasteiger partial charge in [0.25, 0.3) is 0 Å². The van der Waals surface area contributed by atoms with Gasteiger partial charge in [-0.25, -0.2) is 0 Å². The Hall–Kier alpha value is -0.0657. The maximum absolute atomic E-state index is 14.0. The van der Waals surface area contributed by atoms with Crippen molar-refractivity contribution in [2.45, 2.75) is 6.42 Å². The molecule has 9 heteroatoms. The maximum atomic E-state index is 14.0.